The van der Waals surface area contributed by atoms with Crippen LogP contribution in [0.4, 0.5) is 0 Å². The average Bonchev–Trinajstić information content (AvgIpc) is 2.94. The van der Waals surface area contributed by atoms with E-state index in [9.17, 15) is 0 Å². The second-order valence-electron chi connectivity index (χ2n) is 7.17. The molecule has 3 fully saturated rings. The number of ether oxygens (including phenoxy) is 2. The number of rotatable bonds is 3. The van der Waals surface area contributed by atoms with Gasteiger partial charge in [0.25, 0.3) is 0 Å². The Morgan fingerprint density at radius 3 is 2.72 bits per heavy atom. The van der Waals surface area contributed by atoms with E-state index in [-0.39, 0.29) is 16.5 Å². The normalized spacial score (nSPS) is 50.0. The standard InChI is InChI=1S/C14H26N2O2/c1-12(2)11-10(4-6-18-11)14(12,15)8-16-13(3)5-7-17-9-13/h10-11,16H,4-9,15H2,1-3H3. The SMILES string of the molecule is CC1(NCC2(N)C3CCOC3C2(C)C)CCOC1. The summed E-state index contributed by atoms with van der Waals surface area (Å²) in [6.07, 6.45) is 2.55. The lowest BCUT2D eigenvalue weighted by atomic mass is 9.48. The van der Waals surface area contributed by atoms with Crippen molar-refractivity contribution >= 4 is 0 Å². The molecule has 4 heteroatoms. The molecule has 2 aliphatic heterocycles. The van der Waals surface area contributed by atoms with Crippen molar-refractivity contribution in [3.05, 3.63) is 0 Å². The number of nitrogens with one attached hydrogen (secondary N) is 1. The van der Waals surface area contributed by atoms with E-state index in [1.165, 1.54) is 0 Å². The molecule has 2 saturated heterocycles. The third-order valence-electron chi connectivity index (χ3n) is 5.69. The Bertz CT molecular complexity index is 339. The molecule has 3 aliphatic rings. The Morgan fingerprint density at radius 1 is 1.28 bits per heavy atom. The van der Waals surface area contributed by atoms with E-state index in [0.29, 0.717) is 12.0 Å². The Hall–Kier alpha value is -0.160. The van der Waals surface area contributed by atoms with Crippen molar-refractivity contribution in [1.29, 1.82) is 0 Å². The quantitative estimate of drug-likeness (QED) is 0.785. The Morgan fingerprint density at radius 2 is 2.06 bits per heavy atom. The molecule has 2 heterocycles. The highest BCUT2D eigenvalue weighted by Gasteiger charge is 2.67. The van der Waals surface area contributed by atoms with E-state index in [0.717, 1.165) is 39.2 Å². The van der Waals surface area contributed by atoms with Crippen LogP contribution in [0.2, 0.25) is 0 Å². The lowest BCUT2D eigenvalue weighted by Crippen LogP contribution is -2.78. The van der Waals surface area contributed by atoms with Crippen LogP contribution in [0.1, 0.15) is 33.6 Å². The average molecular weight is 254 g/mol. The number of hydrogen-bond acceptors (Lipinski definition) is 4. The summed E-state index contributed by atoms with van der Waals surface area (Å²) in [4.78, 5) is 0. The van der Waals surface area contributed by atoms with Crippen molar-refractivity contribution in [2.45, 2.75) is 50.8 Å². The van der Waals surface area contributed by atoms with Crippen LogP contribution >= 0.6 is 0 Å². The zero-order valence-electron chi connectivity index (χ0n) is 11.8. The maximum Gasteiger partial charge on any atom is 0.0691 e. The number of fused-ring (bicyclic) bond motifs is 1. The zero-order chi connectivity index (χ0) is 13.0. The Balaban J connectivity index is 1.68. The van der Waals surface area contributed by atoms with E-state index in [1.54, 1.807) is 0 Å². The van der Waals surface area contributed by atoms with Crippen LogP contribution in [0.3, 0.4) is 0 Å². The zero-order valence-corrected chi connectivity index (χ0v) is 11.8. The second-order valence-corrected chi connectivity index (χ2v) is 7.17. The highest BCUT2D eigenvalue weighted by atomic mass is 16.5. The van der Waals surface area contributed by atoms with E-state index >= 15 is 0 Å². The molecular weight excluding hydrogens is 228 g/mol. The Kier molecular flexibility index (Phi) is 2.80. The highest BCUT2D eigenvalue weighted by Crippen LogP contribution is 2.57. The molecule has 104 valence electrons. The molecule has 0 radical (unpaired) electrons. The van der Waals surface area contributed by atoms with Gasteiger partial charge in [-0.15, -0.1) is 0 Å². The smallest absolute Gasteiger partial charge is 0.0691 e. The maximum atomic E-state index is 6.72. The third-order valence-corrected chi connectivity index (χ3v) is 5.69. The van der Waals surface area contributed by atoms with Crippen molar-refractivity contribution < 1.29 is 9.47 Å². The summed E-state index contributed by atoms with van der Waals surface area (Å²) in [6, 6.07) is 0. The van der Waals surface area contributed by atoms with Gasteiger partial charge in [0.2, 0.25) is 0 Å². The summed E-state index contributed by atoms with van der Waals surface area (Å²) in [5, 5.41) is 3.66. The molecule has 0 spiro atoms. The molecule has 3 N–H and O–H groups in total. The fourth-order valence-corrected chi connectivity index (χ4v) is 4.00. The highest BCUT2D eigenvalue weighted by molar-refractivity contribution is 5.22. The van der Waals surface area contributed by atoms with Gasteiger partial charge in [-0.25, -0.2) is 0 Å². The fourth-order valence-electron chi connectivity index (χ4n) is 4.00. The van der Waals surface area contributed by atoms with Gasteiger partial charge in [0.05, 0.1) is 12.7 Å². The summed E-state index contributed by atoms with van der Waals surface area (Å²) in [5.41, 5.74) is 6.75. The third kappa shape index (κ3) is 1.59. The van der Waals surface area contributed by atoms with Crippen molar-refractivity contribution in [2.24, 2.45) is 17.1 Å². The monoisotopic (exact) mass is 254 g/mol. The van der Waals surface area contributed by atoms with Gasteiger partial charge < -0.3 is 20.5 Å². The van der Waals surface area contributed by atoms with Gasteiger partial charge in [0.1, 0.15) is 0 Å². The summed E-state index contributed by atoms with van der Waals surface area (Å²) >= 11 is 0. The van der Waals surface area contributed by atoms with Crippen molar-refractivity contribution in [1.82, 2.24) is 5.32 Å². The van der Waals surface area contributed by atoms with Crippen LogP contribution in [0, 0.1) is 11.3 Å². The van der Waals surface area contributed by atoms with Crippen LogP contribution in [0.15, 0.2) is 0 Å². The molecule has 0 amide bonds. The number of nitrogens with two attached hydrogens (primary N) is 1. The van der Waals surface area contributed by atoms with Crippen molar-refractivity contribution in [2.75, 3.05) is 26.4 Å². The van der Waals surface area contributed by atoms with Gasteiger partial charge in [0.15, 0.2) is 0 Å². The van der Waals surface area contributed by atoms with Crippen molar-refractivity contribution in [3.8, 4) is 0 Å². The predicted octanol–water partition coefficient (Wildman–Crippen LogP) is 0.897. The van der Waals surface area contributed by atoms with E-state index in [1.807, 2.05) is 0 Å². The molecule has 0 aromatic carbocycles. The lowest BCUT2D eigenvalue weighted by Gasteiger charge is -2.63. The minimum Gasteiger partial charge on any atom is -0.379 e. The molecule has 0 aromatic heterocycles. The van der Waals surface area contributed by atoms with E-state index in [4.69, 9.17) is 15.2 Å². The largest absolute Gasteiger partial charge is 0.379 e. The van der Waals surface area contributed by atoms with Gasteiger partial charge in [-0.3, -0.25) is 0 Å². The van der Waals surface area contributed by atoms with E-state index < -0.39 is 0 Å². The fraction of sp³-hybridized carbons (Fsp3) is 1.00. The van der Waals surface area contributed by atoms with Crippen LogP contribution in [-0.2, 0) is 9.47 Å². The summed E-state index contributed by atoms with van der Waals surface area (Å²) in [7, 11) is 0. The molecular formula is C14H26N2O2. The van der Waals surface area contributed by atoms with Gasteiger partial charge in [-0.05, 0) is 19.8 Å². The van der Waals surface area contributed by atoms with Gasteiger partial charge >= 0.3 is 0 Å². The van der Waals surface area contributed by atoms with Gasteiger partial charge in [-0.2, -0.15) is 0 Å². The van der Waals surface area contributed by atoms with Crippen LogP contribution in [0.25, 0.3) is 0 Å². The van der Waals surface area contributed by atoms with Crippen LogP contribution in [0.5, 0.6) is 0 Å². The summed E-state index contributed by atoms with van der Waals surface area (Å²) in [5.74, 6) is 0.519. The molecule has 0 aromatic rings. The van der Waals surface area contributed by atoms with Crippen LogP contribution < -0.4 is 11.1 Å². The first-order valence-electron chi connectivity index (χ1n) is 7.12. The molecule has 4 nitrogen and oxygen atoms in total. The maximum absolute atomic E-state index is 6.72. The topological polar surface area (TPSA) is 56.5 Å². The second kappa shape index (κ2) is 3.92. The lowest BCUT2D eigenvalue weighted by molar-refractivity contribution is -0.155. The summed E-state index contributed by atoms with van der Waals surface area (Å²) in [6.45, 7) is 10.1. The molecule has 1 saturated carbocycles. The first-order valence-corrected chi connectivity index (χ1v) is 7.12. The van der Waals surface area contributed by atoms with E-state index in [2.05, 4.69) is 26.1 Å². The number of hydrogen-bond donors (Lipinski definition) is 2. The van der Waals surface area contributed by atoms with Crippen LogP contribution in [-0.4, -0.2) is 43.5 Å². The summed E-state index contributed by atoms with van der Waals surface area (Å²) < 4.78 is 11.3. The van der Waals surface area contributed by atoms with Crippen molar-refractivity contribution in [3.63, 3.8) is 0 Å². The minimum atomic E-state index is -0.139. The first-order chi connectivity index (χ1) is 8.39. The molecule has 4 atom stereocenters. The Labute approximate surface area is 110 Å². The molecule has 0 bridgehead atoms. The minimum absolute atomic E-state index is 0.0665. The molecule has 18 heavy (non-hydrogen) atoms. The first kappa shape index (κ1) is 12.9. The predicted molar refractivity (Wildman–Crippen MR) is 70.4 cm³/mol. The molecule has 3 rings (SSSR count). The molecule has 4 unspecified atom stereocenters. The van der Waals surface area contributed by atoms with Gasteiger partial charge in [-0.1, -0.05) is 13.8 Å². The van der Waals surface area contributed by atoms with Gasteiger partial charge in [0, 0.05) is 42.2 Å². The molecule has 1 aliphatic carbocycles.